The van der Waals surface area contributed by atoms with Gasteiger partial charge in [-0.05, 0) is 0 Å². The average Bonchev–Trinajstić information content (AvgIpc) is 2.18. The maximum absolute atomic E-state index is 10.9. The van der Waals surface area contributed by atoms with Gasteiger partial charge in [0, 0.05) is 7.11 Å². The number of hydrogen-bond donors (Lipinski definition) is 1. The van der Waals surface area contributed by atoms with Crippen LogP contribution in [-0.4, -0.2) is 39.3 Å². The molecule has 1 aliphatic rings. The zero-order chi connectivity index (χ0) is 9.68. The second-order valence-corrected chi connectivity index (χ2v) is 2.53. The molecule has 1 aliphatic heterocycles. The number of rotatable bonds is 2. The van der Waals surface area contributed by atoms with Crippen LogP contribution in [0.3, 0.4) is 0 Å². The highest BCUT2D eigenvalue weighted by atomic mass is 16.7. The SMILES string of the molecule is COC(=O)NC1C=CCOC1OC. The molecule has 0 spiro atoms. The summed E-state index contributed by atoms with van der Waals surface area (Å²) < 4.78 is 14.7. The smallest absolute Gasteiger partial charge is 0.407 e. The summed E-state index contributed by atoms with van der Waals surface area (Å²) in [6, 6.07) is -0.286. The van der Waals surface area contributed by atoms with E-state index in [4.69, 9.17) is 9.47 Å². The van der Waals surface area contributed by atoms with Crippen LogP contribution in [0.15, 0.2) is 12.2 Å². The Labute approximate surface area is 76.7 Å². The van der Waals surface area contributed by atoms with Crippen molar-refractivity contribution in [1.29, 1.82) is 0 Å². The molecule has 1 amide bonds. The summed E-state index contributed by atoms with van der Waals surface area (Å²) in [5.41, 5.74) is 0. The Balaban J connectivity index is 2.49. The highest BCUT2D eigenvalue weighted by Gasteiger charge is 2.23. The van der Waals surface area contributed by atoms with Gasteiger partial charge in [-0.25, -0.2) is 4.79 Å². The van der Waals surface area contributed by atoms with Crippen LogP contribution in [0.25, 0.3) is 0 Å². The number of methoxy groups -OCH3 is 2. The fourth-order valence-electron chi connectivity index (χ4n) is 1.07. The van der Waals surface area contributed by atoms with Gasteiger partial charge in [0.1, 0.15) is 6.04 Å². The molecule has 1 rings (SSSR count). The second kappa shape index (κ2) is 4.84. The Hall–Kier alpha value is -1.07. The first kappa shape index (κ1) is 10.0. The summed E-state index contributed by atoms with van der Waals surface area (Å²) in [4.78, 5) is 10.9. The van der Waals surface area contributed by atoms with Crippen LogP contribution in [-0.2, 0) is 14.2 Å². The molecule has 0 aliphatic carbocycles. The van der Waals surface area contributed by atoms with E-state index < -0.39 is 12.4 Å². The third kappa shape index (κ3) is 2.71. The van der Waals surface area contributed by atoms with Crippen molar-refractivity contribution >= 4 is 6.09 Å². The summed E-state index contributed by atoms with van der Waals surface area (Å²) in [7, 11) is 2.83. The normalized spacial score (nSPS) is 26.9. The minimum Gasteiger partial charge on any atom is -0.453 e. The molecule has 0 aromatic carbocycles. The van der Waals surface area contributed by atoms with Gasteiger partial charge >= 0.3 is 6.09 Å². The zero-order valence-electron chi connectivity index (χ0n) is 7.65. The standard InChI is InChI=1S/C8H13NO4/c1-11-7-6(4-3-5-13-7)9-8(10)12-2/h3-4,6-7H,5H2,1-2H3,(H,9,10). The molecule has 1 N–H and O–H groups in total. The fraction of sp³-hybridized carbons (Fsp3) is 0.625. The van der Waals surface area contributed by atoms with Crippen LogP contribution in [0.1, 0.15) is 0 Å². The lowest BCUT2D eigenvalue weighted by atomic mass is 10.2. The monoisotopic (exact) mass is 187 g/mol. The third-order valence-corrected chi connectivity index (χ3v) is 1.70. The number of carbonyl (C=O) groups excluding carboxylic acids is 1. The molecule has 13 heavy (non-hydrogen) atoms. The molecule has 0 bridgehead atoms. The molecule has 0 radical (unpaired) electrons. The number of ether oxygens (including phenoxy) is 3. The number of hydrogen-bond acceptors (Lipinski definition) is 4. The maximum Gasteiger partial charge on any atom is 0.407 e. The predicted octanol–water partition coefficient (Wildman–Crippen LogP) is 0.270. The molecule has 74 valence electrons. The average molecular weight is 187 g/mol. The highest BCUT2D eigenvalue weighted by molar-refractivity contribution is 5.67. The Bertz CT molecular complexity index is 204. The quantitative estimate of drug-likeness (QED) is 0.630. The van der Waals surface area contributed by atoms with E-state index in [1.165, 1.54) is 14.2 Å². The van der Waals surface area contributed by atoms with Crippen molar-refractivity contribution in [2.45, 2.75) is 12.3 Å². The molecule has 0 saturated carbocycles. The molecule has 5 heteroatoms. The summed E-state index contributed by atoms with van der Waals surface area (Å²) in [5, 5.41) is 2.57. The largest absolute Gasteiger partial charge is 0.453 e. The van der Waals surface area contributed by atoms with E-state index in [1.54, 1.807) is 0 Å². The fourth-order valence-corrected chi connectivity index (χ4v) is 1.07. The minimum atomic E-state index is -0.498. The molecular formula is C8H13NO4. The van der Waals surface area contributed by atoms with Crippen LogP contribution >= 0.6 is 0 Å². The van der Waals surface area contributed by atoms with Gasteiger partial charge in [0.2, 0.25) is 0 Å². The van der Waals surface area contributed by atoms with Crippen molar-refractivity contribution in [3.8, 4) is 0 Å². The van der Waals surface area contributed by atoms with Crippen LogP contribution in [0, 0.1) is 0 Å². The molecule has 2 unspecified atom stereocenters. The zero-order valence-corrected chi connectivity index (χ0v) is 7.65. The van der Waals surface area contributed by atoms with Gasteiger partial charge in [-0.3, -0.25) is 0 Å². The Morgan fingerprint density at radius 2 is 2.38 bits per heavy atom. The van der Waals surface area contributed by atoms with E-state index in [2.05, 4.69) is 10.1 Å². The number of alkyl carbamates (subject to hydrolysis) is 1. The van der Waals surface area contributed by atoms with Crippen LogP contribution in [0.4, 0.5) is 4.79 Å². The molecule has 1 heterocycles. The lowest BCUT2D eigenvalue weighted by Gasteiger charge is -2.26. The van der Waals surface area contributed by atoms with E-state index in [-0.39, 0.29) is 6.04 Å². The Morgan fingerprint density at radius 1 is 1.62 bits per heavy atom. The predicted molar refractivity (Wildman–Crippen MR) is 45.2 cm³/mol. The van der Waals surface area contributed by atoms with Crippen molar-refractivity contribution in [2.24, 2.45) is 0 Å². The first-order chi connectivity index (χ1) is 6.27. The molecule has 0 aromatic heterocycles. The first-order valence-corrected chi connectivity index (χ1v) is 3.93. The molecular weight excluding hydrogens is 174 g/mol. The minimum absolute atomic E-state index is 0.286. The van der Waals surface area contributed by atoms with Crippen molar-refractivity contribution < 1.29 is 19.0 Å². The maximum atomic E-state index is 10.9. The number of nitrogens with one attached hydrogen (secondary N) is 1. The Morgan fingerprint density at radius 3 is 3.00 bits per heavy atom. The molecule has 0 saturated heterocycles. The van der Waals surface area contributed by atoms with E-state index >= 15 is 0 Å². The van der Waals surface area contributed by atoms with Crippen molar-refractivity contribution in [2.75, 3.05) is 20.8 Å². The number of amides is 1. The molecule has 2 atom stereocenters. The second-order valence-electron chi connectivity index (χ2n) is 2.53. The van der Waals surface area contributed by atoms with Gasteiger partial charge in [-0.1, -0.05) is 12.2 Å². The van der Waals surface area contributed by atoms with Crippen LogP contribution in [0.2, 0.25) is 0 Å². The number of carbonyl (C=O) groups is 1. The van der Waals surface area contributed by atoms with Gasteiger partial charge in [-0.2, -0.15) is 0 Å². The van der Waals surface area contributed by atoms with Gasteiger partial charge in [0.05, 0.1) is 13.7 Å². The lowest BCUT2D eigenvalue weighted by molar-refractivity contribution is -0.130. The third-order valence-electron chi connectivity index (χ3n) is 1.70. The summed E-state index contributed by atoms with van der Waals surface area (Å²) in [5.74, 6) is 0. The van der Waals surface area contributed by atoms with Crippen molar-refractivity contribution in [3.63, 3.8) is 0 Å². The van der Waals surface area contributed by atoms with E-state index in [1.807, 2.05) is 12.2 Å². The highest BCUT2D eigenvalue weighted by Crippen LogP contribution is 2.07. The molecule has 0 fully saturated rings. The topological polar surface area (TPSA) is 56.8 Å². The summed E-state index contributed by atoms with van der Waals surface area (Å²) in [6.07, 6.45) is 2.69. The van der Waals surface area contributed by atoms with Crippen molar-refractivity contribution in [1.82, 2.24) is 5.32 Å². The van der Waals surface area contributed by atoms with Crippen LogP contribution in [0.5, 0.6) is 0 Å². The van der Waals surface area contributed by atoms with Gasteiger partial charge < -0.3 is 19.5 Å². The summed E-state index contributed by atoms with van der Waals surface area (Å²) >= 11 is 0. The van der Waals surface area contributed by atoms with Gasteiger partial charge in [-0.15, -0.1) is 0 Å². The van der Waals surface area contributed by atoms with Crippen LogP contribution < -0.4 is 5.32 Å². The van der Waals surface area contributed by atoms with E-state index in [0.29, 0.717) is 6.61 Å². The summed E-state index contributed by atoms with van der Waals surface area (Å²) in [6.45, 7) is 0.498. The van der Waals surface area contributed by atoms with Gasteiger partial charge in [0.15, 0.2) is 6.29 Å². The van der Waals surface area contributed by atoms with E-state index in [9.17, 15) is 4.79 Å². The molecule has 0 aromatic rings. The molecule has 5 nitrogen and oxygen atoms in total. The van der Waals surface area contributed by atoms with Gasteiger partial charge in [0.25, 0.3) is 0 Å². The lowest BCUT2D eigenvalue weighted by Crippen LogP contribution is -2.45. The van der Waals surface area contributed by atoms with Crippen molar-refractivity contribution in [3.05, 3.63) is 12.2 Å². The Kier molecular flexibility index (Phi) is 3.72. The van der Waals surface area contributed by atoms with E-state index in [0.717, 1.165) is 0 Å². The first-order valence-electron chi connectivity index (χ1n) is 3.93.